The fourth-order valence-corrected chi connectivity index (χ4v) is 2.49. The molecule has 0 saturated heterocycles. The molecule has 1 aromatic rings. The quantitative estimate of drug-likeness (QED) is 0.637. The van der Waals surface area contributed by atoms with Gasteiger partial charge in [-0.3, -0.25) is 9.79 Å². The molecule has 1 heterocycles. The van der Waals surface area contributed by atoms with Crippen LogP contribution < -0.4 is 0 Å². The number of allylic oxidation sites excluding steroid dienone is 1. The van der Waals surface area contributed by atoms with Gasteiger partial charge in [-0.05, 0) is 11.6 Å². The van der Waals surface area contributed by atoms with Crippen molar-refractivity contribution in [2.45, 2.75) is 18.4 Å². The standard InChI is InChI=1S/C17H16N2O4/c18-9-5-11-23-16(22)17(12-13-6-2-1-3-7-13)14(15(20)21)8-4-10-19-17/h1-4,6-8,10,14H,5,11-12H2,(H,20,21). The number of benzene rings is 1. The molecule has 0 bridgehead atoms. The molecule has 0 spiro atoms. The third-order valence-electron chi connectivity index (χ3n) is 3.59. The molecule has 2 unspecified atom stereocenters. The van der Waals surface area contributed by atoms with Crippen molar-refractivity contribution < 1.29 is 19.4 Å². The van der Waals surface area contributed by atoms with Crippen LogP contribution >= 0.6 is 0 Å². The largest absolute Gasteiger partial charge is 0.481 e. The molecule has 23 heavy (non-hydrogen) atoms. The second kappa shape index (κ2) is 7.36. The van der Waals surface area contributed by atoms with E-state index >= 15 is 0 Å². The lowest BCUT2D eigenvalue weighted by Crippen LogP contribution is -2.51. The number of ether oxygens (including phenoxy) is 1. The summed E-state index contributed by atoms with van der Waals surface area (Å²) in [6.07, 6.45) is 4.50. The molecule has 118 valence electrons. The molecule has 0 fully saturated rings. The first-order valence-corrected chi connectivity index (χ1v) is 7.13. The number of carboxylic acid groups (broad SMARTS) is 1. The minimum Gasteiger partial charge on any atom is -0.481 e. The molecule has 0 saturated carbocycles. The lowest BCUT2D eigenvalue weighted by atomic mass is 9.78. The van der Waals surface area contributed by atoms with Crippen molar-refractivity contribution in [3.63, 3.8) is 0 Å². The van der Waals surface area contributed by atoms with Gasteiger partial charge in [0.05, 0.1) is 12.5 Å². The highest BCUT2D eigenvalue weighted by Gasteiger charge is 2.50. The Balaban J connectivity index is 2.35. The Labute approximate surface area is 133 Å². The lowest BCUT2D eigenvalue weighted by Gasteiger charge is -2.33. The predicted octanol–water partition coefficient (Wildman–Crippen LogP) is 1.77. The predicted molar refractivity (Wildman–Crippen MR) is 82.8 cm³/mol. The van der Waals surface area contributed by atoms with E-state index in [0.29, 0.717) is 0 Å². The van der Waals surface area contributed by atoms with Crippen LogP contribution in [0.1, 0.15) is 12.0 Å². The van der Waals surface area contributed by atoms with Crippen LogP contribution in [0, 0.1) is 17.2 Å². The van der Waals surface area contributed by atoms with Gasteiger partial charge in [0.2, 0.25) is 0 Å². The molecule has 0 amide bonds. The zero-order chi connectivity index (χ0) is 16.7. The zero-order valence-electron chi connectivity index (χ0n) is 12.4. The molecule has 0 radical (unpaired) electrons. The van der Waals surface area contributed by atoms with Gasteiger partial charge in [-0.1, -0.05) is 36.4 Å². The Bertz CT molecular complexity index is 676. The average Bonchev–Trinajstić information content (AvgIpc) is 2.56. The Morgan fingerprint density at radius 1 is 1.35 bits per heavy atom. The average molecular weight is 312 g/mol. The summed E-state index contributed by atoms with van der Waals surface area (Å²) in [7, 11) is 0. The van der Waals surface area contributed by atoms with Crippen molar-refractivity contribution >= 4 is 18.2 Å². The van der Waals surface area contributed by atoms with Crippen LogP contribution in [0.2, 0.25) is 0 Å². The molecular weight excluding hydrogens is 296 g/mol. The van der Waals surface area contributed by atoms with Crippen molar-refractivity contribution in [2.24, 2.45) is 10.9 Å². The smallest absolute Gasteiger partial charge is 0.335 e. The highest BCUT2D eigenvalue weighted by molar-refractivity contribution is 5.94. The summed E-state index contributed by atoms with van der Waals surface area (Å²) in [5, 5.41) is 18.0. The van der Waals surface area contributed by atoms with Gasteiger partial charge in [-0.25, -0.2) is 4.79 Å². The molecule has 1 N–H and O–H groups in total. The van der Waals surface area contributed by atoms with E-state index in [0.717, 1.165) is 5.56 Å². The molecule has 6 nitrogen and oxygen atoms in total. The topological polar surface area (TPSA) is 99.8 Å². The third-order valence-corrected chi connectivity index (χ3v) is 3.59. The minimum atomic E-state index is -1.56. The highest BCUT2D eigenvalue weighted by Crippen LogP contribution is 2.32. The molecule has 1 aliphatic rings. The monoisotopic (exact) mass is 312 g/mol. The van der Waals surface area contributed by atoms with Gasteiger partial charge in [0, 0.05) is 12.6 Å². The number of nitriles is 1. The van der Waals surface area contributed by atoms with Crippen LogP contribution in [0.5, 0.6) is 0 Å². The van der Waals surface area contributed by atoms with Crippen LogP contribution in [0.15, 0.2) is 47.5 Å². The van der Waals surface area contributed by atoms with Gasteiger partial charge < -0.3 is 9.84 Å². The summed E-state index contributed by atoms with van der Waals surface area (Å²) >= 11 is 0. The minimum absolute atomic E-state index is 0.0461. The Kier molecular flexibility index (Phi) is 5.26. The molecular formula is C17H16N2O4. The fraction of sp³-hybridized carbons (Fsp3) is 0.294. The fourth-order valence-electron chi connectivity index (χ4n) is 2.49. The zero-order valence-corrected chi connectivity index (χ0v) is 12.4. The second-order valence-corrected chi connectivity index (χ2v) is 5.11. The molecule has 0 aliphatic carbocycles. The number of dihydropyridines is 1. The Morgan fingerprint density at radius 2 is 2.09 bits per heavy atom. The second-order valence-electron chi connectivity index (χ2n) is 5.11. The van der Waals surface area contributed by atoms with E-state index in [-0.39, 0.29) is 19.4 Å². The SMILES string of the molecule is N#CCCOC(=O)C1(Cc2ccccc2)N=CC=CC1C(=O)O. The Morgan fingerprint density at radius 3 is 2.74 bits per heavy atom. The van der Waals surface area contributed by atoms with Crippen molar-refractivity contribution in [1.29, 1.82) is 5.26 Å². The summed E-state index contributed by atoms with van der Waals surface area (Å²) < 4.78 is 5.11. The third kappa shape index (κ3) is 3.64. The summed E-state index contributed by atoms with van der Waals surface area (Å²) in [5.41, 5.74) is -0.777. The molecule has 0 aromatic heterocycles. The summed E-state index contributed by atoms with van der Waals surface area (Å²) in [4.78, 5) is 28.4. The van der Waals surface area contributed by atoms with Crippen LogP contribution in [0.4, 0.5) is 0 Å². The number of hydrogen-bond donors (Lipinski definition) is 1. The van der Waals surface area contributed by atoms with E-state index in [9.17, 15) is 14.7 Å². The first kappa shape index (κ1) is 16.4. The molecule has 6 heteroatoms. The number of carboxylic acids is 1. The summed E-state index contributed by atoms with van der Waals surface area (Å²) in [6, 6.07) is 10.9. The van der Waals surface area contributed by atoms with Crippen molar-refractivity contribution in [3.8, 4) is 6.07 Å². The normalized spacial score (nSPS) is 22.3. The van der Waals surface area contributed by atoms with E-state index in [2.05, 4.69) is 4.99 Å². The lowest BCUT2D eigenvalue weighted by molar-refractivity contribution is -0.157. The van der Waals surface area contributed by atoms with Gasteiger partial charge in [0.15, 0.2) is 5.54 Å². The van der Waals surface area contributed by atoms with E-state index in [1.165, 1.54) is 18.4 Å². The summed E-state index contributed by atoms with van der Waals surface area (Å²) in [5.74, 6) is -3.00. The van der Waals surface area contributed by atoms with Gasteiger partial charge in [0.1, 0.15) is 12.5 Å². The van der Waals surface area contributed by atoms with Crippen LogP contribution in [-0.2, 0) is 20.7 Å². The number of carbonyl (C=O) groups is 2. The number of carbonyl (C=O) groups excluding carboxylic acids is 1. The van der Waals surface area contributed by atoms with Gasteiger partial charge in [-0.2, -0.15) is 5.26 Å². The number of nitrogens with zero attached hydrogens (tertiary/aromatic N) is 2. The van der Waals surface area contributed by atoms with E-state index < -0.39 is 23.4 Å². The van der Waals surface area contributed by atoms with Gasteiger partial charge >= 0.3 is 11.9 Å². The maximum absolute atomic E-state index is 12.6. The van der Waals surface area contributed by atoms with Crippen molar-refractivity contribution in [3.05, 3.63) is 48.0 Å². The maximum atomic E-state index is 12.6. The van der Waals surface area contributed by atoms with Crippen molar-refractivity contribution in [1.82, 2.24) is 0 Å². The number of hydrogen-bond acceptors (Lipinski definition) is 5. The number of rotatable bonds is 6. The molecule has 2 atom stereocenters. The van der Waals surface area contributed by atoms with Crippen LogP contribution in [-0.4, -0.2) is 35.4 Å². The highest BCUT2D eigenvalue weighted by atomic mass is 16.5. The van der Waals surface area contributed by atoms with E-state index in [1.54, 1.807) is 12.1 Å². The summed E-state index contributed by atoms with van der Waals surface area (Å²) in [6.45, 7) is -0.0859. The Hall–Kier alpha value is -2.94. The first-order valence-electron chi connectivity index (χ1n) is 7.13. The number of aliphatic carboxylic acids is 1. The van der Waals surface area contributed by atoms with E-state index in [1.807, 2.05) is 24.3 Å². The number of aliphatic imine (C=N–C) groups is 1. The number of esters is 1. The van der Waals surface area contributed by atoms with Crippen molar-refractivity contribution in [2.75, 3.05) is 6.61 Å². The van der Waals surface area contributed by atoms with Gasteiger partial charge in [-0.15, -0.1) is 0 Å². The molecule has 1 aromatic carbocycles. The van der Waals surface area contributed by atoms with Gasteiger partial charge in [0.25, 0.3) is 0 Å². The van der Waals surface area contributed by atoms with E-state index in [4.69, 9.17) is 10.00 Å². The van der Waals surface area contributed by atoms with Crippen LogP contribution in [0.3, 0.4) is 0 Å². The maximum Gasteiger partial charge on any atom is 0.335 e. The molecule has 2 rings (SSSR count). The van der Waals surface area contributed by atoms with Crippen LogP contribution in [0.25, 0.3) is 0 Å². The first-order chi connectivity index (χ1) is 11.1. The molecule has 1 aliphatic heterocycles.